The molecular weight excluding hydrogens is 350 g/mol. The van der Waals surface area contributed by atoms with Crippen molar-refractivity contribution in [2.45, 2.75) is 39.0 Å². The van der Waals surface area contributed by atoms with Gasteiger partial charge in [-0.15, -0.1) is 11.3 Å². The first-order valence-corrected chi connectivity index (χ1v) is 9.58. The lowest BCUT2D eigenvalue weighted by Crippen LogP contribution is -2.28. The second-order valence-corrected chi connectivity index (χ2v) is 7.94. The van der Waals surface area contributed by atoms with Gasteiger partial charge >= 0.3 is 0 Å². The molecule has 1 atom stereocenters. The molecule has 1 aromatic carbocycles. The van der Waals surface area contributed by atoms with Crippen molar-refractivity contribution in [1.29, 1.82) is 0 Å². The van der Waals surface area contributed by atoms with E-state index in [0.717, 1.165) is 25.0 Å². The molecule has 134 valence electrons. The van der Waals surface area contributed by atoms with Crippen LogP contribution in [0.2, 0.25) is 0 Å². The zero-order chi connectivity index (χ0) is 18.3. The Morgan fingerprint density at radius 2 is 1.85 bits per heavy atom. The van der Waals surface area contributed by atoms with Crippen LogP contribution in [0.3, 0.4) is 0 Å². The van der Waals surface area contributed by atoms with E-state index in [9.17, 15) is 14.4 Å². The van der Waals surface area contributed by atoms with E-state index in [0.29, 0.717) is 22.3 Å². The summed E-state index contributed by atoms with van der Waals surface area (Å²) < 4.78 is 0. The number of thiazole rings is 1. The Hall–Kier alpha value is -2.54. The number of rotatable bonds is 3. The van der Waals surface area contributed by atoms with E-state index < -0.39 is 0 Å². The molecule has 2 heterocycles. The monoisotopic (exact) mass is 369 g/mol. The Bertz CT molecular complexity index is 872. The molecule has 2 aliphatic rings. The number of amides is 3. The Morgan fingerprint density at radius 1 is 1.15 bits per heavy atom. The fourth-order valence-electron chi connectivity index (χ4n) is 3.39. The molecule has 0 unspecified atom stereocenters. The Balaban J connectivity index is 1.47. The summed E-state index contributed by atoms with van der Waals surface area (Å²) in [5.74, 6) is 0.0226. The fourth-order valence-corrected chi connectivity index (χ4v) is 4.56. The van der Waals surface area contributed by atoms with Gasteiger partial charge < -0.3 is 0 Å². The Kier molecular flexibility index (Phi) is 4.32. The van der Waals surface area contributed by atoms with Gasteiger partial charge in [-0.3, -0.25) is 24.6 Å². The highest BCUT2D eigenvalue weighted by Crippen LogP contribution is 2.32. The van der Waals surface area contributed by atoms with E-state index in [1.54, 1.807) is 35.6 Å². The quantitative estimate of drug-likeness (QED) is 0.843. The van der Waals surface area contributed by atoms with Crippen molar-refractivity contribution in [2.75, 3.05) is 10.2 Å². The largest absolute Gasteiger partial charge is 0.298 e. The number of nitrogens with one attached hydrogen (secondary N) is 1. The van der Waals surface area contributed by atoms with Crippen molar-refractivity contribution in [2.24, 2.45) is 5.92 Å². The molecule has 1 aliphatic carbocycles. The molecule has 1 aromatic heterocycles. The van der Waals surface area contributed by atoms with Crippen molar-refractivity contribution >= 4 is 39.9 Å². The lowest BCUT2D eigenvalue weighted by molar-refractivity contribution is -0.121. The minimum atomic E-state index is -0.241. The summed E-state index contributed by atoms with van der Waals surface area (Å²) in [6.45, 7) is 2.23. The van der Waals surface area contributed by atoms with Gasteiger partial charge in [0, 0.05) is 23.3 Å². The van der Waals surface area contributed by atoms with Crippen LogP contribution in [0.4, 0.5) is 10.8 Å². The maximum Gasteiger partial charge on any atom is 0.257 e. The van der Waals surface area contributed by atoms with Gasteiger partial charge in [0.2, 0.25) is 11.8 Å². The lowest BCUT2D eigenvalue weighted by Gasteiger charge is -2.15. The van der Waals surface area contributed by atoms with Crippen molar-refractivity contribution in [3.8, 4) is 0 Å². The van der Waals surface area contributed by atoms with E-state index in [2.05, 4.69) is 17.2 Å². The van der Waals surface area contributed by atoms with E-state index in [-0.39, 0.29) is 30.6 Å². The van der Waals surface area contributed by atoms with Crippen molar-refractivity contribution in [3.05, 3.63) is 40.4 Å². The molecule has 0 spiro atoms. The zero-order valence-electron chi connectivity index (χ0n) is 14.4. The van der Waals surface area contributed by atoms with E-state index in [1.807, 2.05) is 0 Å². The first kappa shape index (κ1) is 16.9. The molecule has 26 heavy (non-hydrogen) atoms. The summed E-state index contributed by atoms with van der Waals surface area (Å²) in [5, 5.41) is 3.49. The molecule has 4 rings (SSSR count). The number of fused-ring (bicyclic) bond motifs is 1. The second kappa shape index (κ2) is 6.64. The summed E-state index contributed by atoms with van der Waals surface area (Å²) in [5.41, 5.74) is 2.08. The summed E-state index contributed by atoms with van der Waals surface area (Å²) >= 11 is 1.55. The second-order valence-electron chi connectivity index (χ2n) is 6.86. The fraction of sp³-hybridized carbons (Fsp3) is 0.368. The summed E-state index contributed by atoms with van der Waals surface area (Å²) in [7, 11) is 0. The van der Waals surface area contributed by atoms with Gasteiger partial charge in [-0.2, -0.15) is 0 Å². The van der Waals surface area contributed by atoms with Gasteiger partial charge in [0.1, 0.15) is 0 Å². The highest BCUT2D eigenvalue weighted by Gasteiger charge is 2.30. The normalized spacial score (nSPS) is 19.6. The number of benzene rings is 1. The van der Waals surface area contributed by atoms with Gasteiger partial charge in [0.15, 0.2) is 5.13 Å². The Labute approximate surface area is 155 Å². The molecule has 1 aliphatic heterocycles. The van der Waals surface area contributed by atoms with Crippen LogP contribution in [-0.2, 0) is 22.4 Å². The van der Waals surface area contributed by atoms with Gasteiger partial charge in [-0.05, 0) is 49.4 Å². The maximum atomic E-state index is 12.5. The van der Waals surface area contributed by atoms with Crippen LogP contribution in [0.25, 0.3) is 0 Å². The third-order valence-corrected chi connectivity index (χ3v) is 5.88. The number of carbonyl (C=O) groups excluding carboxylic acids is 3. The molecule has 1 N–H and O–H groups in total. The van der Waals surface area contributed by atoms with Gasteiger partial charge in [-0.1, -0.05) is 6.92 Å². The third kappa shape index (κ3) is 3.14. The smallest absolute Gasteiger partial charge is 0.257 e. The maximum absolute atomic E-state index is 12.5. The number of hydrogen-bond donors (Lipinski definition) is 1. The number of nitrogens with zero attached hydrogens (tertiary/aromatic N) is 2. The molecule has 0 bridgehead atoms. The minimum Gasteiger partial charge on any atom is -0.298 e. The van der Waals surface area contributed by atoms with Crippen LogP contribution in [-0.4, -0.2) is 22.7 Å². The zero-order valence-corrected chi connectivity index (χ0v) is 15.3. The van der Waals surface area contributed by atoms with Crippen molar-refractivity contribution < 1.29 is 14.4 Å². The molecule has 2 aromatic rings. The highest BCUT2D eigenvalue weighted by molar-refractivity contribution is 7.15. The van der Waals surface area contributed by atoms with Crippen LogP contribution in [0.1, 0.15) is 47.1 Å². The van der Waals surface area contributed by atoms with Crippen LogP contribution >= 0.6 is 11.3 Å². The number of hydrogen-bond acceptors (Lipinski definition) is 5. The van der Waals surface area contributed by atoms with Crippen molar-refractivity contribution in [3.63, 3.8) is 0 Å². The van der Waals surface area contributed by atoms with Gasteiger partial charge in [0.05, 0.1) is 11.4 Å². The molecule has 0 saturated carbocycles. The lowest BCUT2D eigenvalue weighted by atomic mass is 9.93. The molecule has 7 heteroatoms. The average Bonchev–Trinajstić information content (AvgIpc) is 3.17. The summed E-state index contributed by atoms with van der Waals surface area (Å²) in [4.78, 5) is 43.0. The topological polar surface area (TPSA) is 79.4 Å². The standard InChI is InChI=1S/C19H19N3O3S/c1-11-2-7-14-15(10-11)26-19(20-14)21-18(25)12-3-5-13(6-4-12)22-16(23)8-9-17(22)24/h3-6,11H,2,7-10H2,1H3,(H,20,21,25)/t11-/m0/s1. The SMILES string of the molecule is C[C@H]1CCc2nc(NC(=O)c3ccc(N4C(=O)CCC4=O)cc3)sc2C1. The van der Waals surface area contributed by atoms with E-state index >= 15 is 0 Å². The molecule has 1 saturated heterocycles. The van der Waals surface area contributed by atoms with E-state index in [4.69, 9.17) is 0 Å². The van der Waals surface area contributed by atoms with Crippen molar-refractivity contribution in [1.82, 2.24) is 4.98 Å². The third-order valence-electron chi connectivity index (χ3n) is 4.85. The van der Waals surface area contributed by atoms with E-state index in [1.165, 1.54) is 9.78 Å². The number of imide groups is 1. The van der Waals surface area contributed by atoms with Crippen LogP contribution < -0.4 is 10.2 Å². The first-order chi connectivity index (χ1) is 12.5. The number of aryl methyl sites for hydroxylation is 1. The first-order valence-electron chi connectivity index (χ1n) is 8.77. The van der Waals surface area contributed by atoms with Crippen LogP contribution in [0.5, 0.6) is 0 Å². The molecule has 0 radical (unpaired) electrons. The predicted molar refractivity (Wildman–Crippen MR) is 99.4 cm³/mol. The summed E-state index contributed by atoms with van der Waals surface area (Å²) in [6, 6.07) is 6.51. The highest BCUT2D eigenvalue weighted by atomic mass is 32.1. The minimum absolute atomic E-state index is 0.199. The summed E-state index contributed by atoms with van der Waals surface area (Å²) in [6.07, 6.45) is 3.62. The molecule has 1 fully saturated rings. The number of anilines is 2. The Morgan fingerprint density at radius 3 is 2.54 bits per heavy atom. The van der Waals surface area contributed by atoms with Gasteiger partial charge in [0.25, 0.3) is 5.91 Å². The van der Waals surface area contributed by atoms with Gasteiger partial charge in [-0.25, -0.2) is 4.98 Å². The molecule has 3 amide bonds. The average molecular weight is 369 g/mol. The molecular formula is C19H19N3O3S. The van der Waals surface area contributed by atoms with Crippen LogP contribution in [0.15, 0.2) is 24.3 Å². The number of aromatic nitrogens is 1. The van der Waals surface area contributed by atoms with Crippen LogP contribution in [0, 0.1) is 5.92 Å². The predicted octanol–water partition coefficient (Wildman–Crippen LogP) is 3.17. The molecule has 6 nitrogen and oxygen atoms in total. The number of carbonyl (C=O) groups is 3.